The Morgan fingerprint density at radius 3 is 2.50 bits per heavy atom. The summed E-state index contributed by atoms with van der Waals surface area (Å²) < 4.78 is 5.57. The molecule has 0 saturated heterocycles. The van der Waals surface area contributed by atoms with Gasteiger partial charge in [-0.3, -0.25) is 4.79 Å². The highest BCUT2D eigenvalue weighted by molar-refractivity contribution is 9.14. The van der Waals surface area contributed by atoms with E-state index in [0.29, 0.717) is 8.96 Å². The van der Waals surface area contributed by atoms with Gasteiger partial charge in [0.15, 0.2) is 0 Å². The molecule has 4 nitrogen and oxygen atoms in total. The molecule has 0 aromatic carbocycles. The van der Waals surface area contributed by atoms with Crippen LogP contribution in [-0.2, 0) is 14.3 Å². The molecule has 0 fully saturated rings. The lowest BCUT2D eigenvalue weighted by atomic mass is 10.5. The van der Waals surface area contributed by atoms with E-state index in [-0.39, 0.29) is 5.91 Å². The van der Waals surface area contributed by atoms with Crippen LogP contribution >= 0.6 is 31.9 Å². The number of esters is 1. The Labute approximate surface area is 85.6 Å². The number of rotatable bonds is 1. The number of amides is 1. The van der Waals surface area contributed by atoms with Crippen molar-refractivity contribution in [3.05, 3.63) is 8.96 Å². The lowest BCUT2D eigenvalue weighted by Gasteiger charge is -2.09. The minimum absolute atomic E-state index is 0.257. The minimum Gasteiger partial charge on any atom is -0.433 e. The lowest BCUT2D eigenvalue weighted by Crippen LogP contribution is -2.33. The van der Waals surface area contributed by atoms with E-state index in [0.717, 1.165) is 0 Å². The van der Waals surface area contributed by atoms with E-state index >= 15 is 0 Å². The van der Waals surface area contributed by atoms with E-state index in [9.17, 15) is 9.59 Å². The molecule has 12 heavy (non-hydrogen) atoms. The van der Waals surface area contributed by atoms with Gasteiger partial charge in [-0.05, 0) is 31.9 Å². The minimum atomic E-state index is -0.690. The number of ether oxygens (including phenoxy) is 1. The SMILES string of the molecule is CC(=O)N[C@H]1OC(=O)C(Br)=C1Br. The molecule has 0 aromatic heterocycles. The van der Waals surface area contributed by atoms with Crippen molar-refractivity contribution in [1.29, 1.82) is 0 Å². The first-order valence-corrected chi connectivity index (χ1v) is 4.64. The van der Waals surface area contributed by atoms with Crippen molar-refractivity contribution >= 4 is 43.7 Å². The maximum atomic E-state index is 10.9. The van der Waals surface area contributed by atoms with Crippen molar-refractivity contribution in [3.8, 4) is 0 Å². The van der Waals surface area contributed by atoms with E-state index < -0.39 is 12.2 Å². The van der Waals surface area contributed by atoms with Crippen LogP contribution in [0.4, 0.5) is 0 Å². The molecular weight excluding hydrogens is 294 g/mol. The van der Waals surface area contributed by atoms with Gasteiger partial charge in [0.05, 0.1) is 4.48 Å². The topological polar surface area (TPSA) is 55.4 Å². The largest absolute Gasteiger partial charge is 0.433 e. The Hall–Kier alpha value is -0.360. The molecule has 66 valence electrons. The molecule has 6 heteroatoms. The molecule has 1 aliphatic heterocycles. The third-order valence-corrected chi connectivity index (χ3v) is 3.27. The van der Waals surface area contributed by atoms with E-state index in [1.54, 1.807) is 0 Å². The second-order valence-electron chi connectivity index (χ2n) is 2.15. The Balaban J connectivity index is 2.73. The predicted octanol–water partition coefficient (Wildman–Crippen LogP) is 1.01. The standard InChI is InChI=1S/C6H5Br2NO3/c1-2(10)9-5-3(7)4(8)6(11)12-5/h5H,1H3,(H,9,10)/t5-/m0/s1. The molecule has 1 rings (SSSR count). The van der Waals surface area contributed by atoms with Crippen molar-refractivity contribution in [2.45, 2.75) is 13.2 Å². The second-order valence-corrected chi connectivity index (χ2v) is 3.80. The fourth-order valence-electron chi connectivity index (χ4n) is 0.701. The van der Waals surface area contributed by atoms with Gasteiger partial charge in [0, 0.05) is 6.92 Å². The number of hydrogen-bond acceptors (Lipinski definition) is 3. The average Bonchev–Trinajstić information content (AvgIpc) is 2.17. The zero-order valence-electron chi connectivity index (χ0n) is 6.06. The van der Waals surface area contributed by atoms with Gasteiger partial charge < -0.3 is 10.1 Å². The Morgan fingerprint density at radius 2 is 2.17 bits per heavy atom. The first-order valence-electron chi connectivity index (χ1n) is 3.05. The molecule has 1 aliphatic rings. The van der Waals surface area contributed by atoms with Crippen molar-refractivity contribution in [2.24, 2.45) is 0 Å². The Morgan fingerprint density at radius 1 is 1.58 bits per heavy atom. The number of carbonyl (C=O) groups is 2. The van der Waals surface area contributed by atoms with Gasteiger partial charge in [-0.15, -0.1) is 0 Å². The molecule has 0 saturated carbocycles. The highest BCUT2D eigenvalue weighted by atomic mass is 79.9. The number of cyclic esters (lactones) is 1. The lowest BCUT2D eigenvalue weighted by molar-refractivity contribution is -0.141. The Bertz CT molecular complexity index is 274. The van der Waals surface area contributed by atoms with Crippen LogP contribution in [0.3, 0.4) is 0 Å². The summed E-state index contributed by atoms with van der Waals surface area (Å²) in [4.78, 5) is 21.5. The van der Waals surface area contributed by atoms with Gasteiger partial charge in [0.1, 0.15) is 4.48 Å². The smallest absolute Gasteiger partial charge is 0.348 e. The first kappa shape index (κ1) is 9.73. The predicted molar refractivity (Wildman–Crippen MR) is 48.6 cm³/mol. The number of halogens is 2. The summed E-state index contributed by atoms with van der Waals surface area (Å²) >= 11 is 6.12. The molecule has 1 heterocycles. The maximum absolute atomic E-state index is 10.9. The molecule has 0 unspecified atom stereocenters. The van der Waals surface area contributed by atoms with Crippen LogP contribution in [0.2, 0.25) is 0 Å². The van der Waals surface area contributed by atoms with Gasteiger partial charge in [0.2, 0.25) is 12.1 Å². The summed E-state index contributed by atoms with van der Waals surface area (Å²) in [5.74, 6) is -0.743. The quantitative estimate of drug-likeness (QED) is 0.735. The normalized spacial score (nSPS) is 22.6. The monoisotopic (exact) mass is 297 g/mol. The van der Waals surface area contributed by atoms with Crippen molar-refractivity contribution in [2.75, 3.05) is 0 Å². The summed E-state index contributed by atoms with van der Waals surface area (Å²) in [5, 5.41) is 2.44. The van der Waals surface area contributed by atoms with Crippen LogP contribution in [-0.4, -0.2) is 18.1 Å². The number of hydrogen-bond donors (Lipinski definition) is 1. The molecule has 1 N–H and O–H groups in total. The average molecular weight is 299 g/mol. The molecule has 1 amide bonds. The van der Waals surface area contributed by atoms with Crippen LogP contribution in [0.25, 0.3) is 0 Å². The van der Waals surface area contributed by atoms with Crippen LogP contribution in [0, 0.1) is 0 Å². The summed E-state index contributed by atoms with van der Waals surface area (Å²) in [6.45, 7) is 1.35. The van der Waals surface area contributed by atoms with Crippen molar-refractivity contribution in [3.63, 3.8) is 0 Å². The first-order chi connectivity index (χ1) is 5.52. The Kier molecular flexibility index (Phi) is 2.89. The number of carbonyl (C=O) groups excluding carboxylic acids is 2. The van der Waals surface area contributed by atoms with E-state index in [2.05, 4.69) is 37.2 Å². The van der Waals surface area contributed by atoms with E-state index in [1.165, 1.54) is 6.92 Å². The van der Waals surface area contributed by atoms with Gasteiger partial charge in [-0.1, -0.05) is 0 Å². The van der Waals surface area contributed by atoms with Gasteiger partial charge >= 0.3 is 5.97 Å². The summed E-state index contributed by atoms with van der Waals surface area (Å²) in [6, 6.07) is 0. The third kappa shape index (κ3) is 1.87. The van der Waals surface area contributed by atoms with Gasteiger partial charge in [-0.25, -0.2) is 4.79 Å². The number of nitrogens with one attached hydrogen (secondary N) is 1. The van der Waals surface area contributed by atoms with Crippen LogP contribution in [0.5, 0.6) is 0 Å². The van der Waals surface area contributed by atoms with Crippen molar-refractivity contribution < 1.29 is 14.3 Å². The fourth-order valence-corrected chi connectivity index (χ4v) is 1.37. The fraction of sp³-hybridized carbons (Fsp3) is 0.333. The summed E-state index contributed by atoms with van der Waals surface area (Å²) in [7, 11) is 0. The zero-order valence-corrected chi connectivity index (χ0v) is 9.23. The summed E-state index contributed by atoms with van der Waals surface area (Å²) in [5.41, 5.74) is 0. The van der Waals surface area contributed by atoms with Gasteiger partial charge in [-0.2, -0.15) is 0 Å². The van der Waals surface area contributed by atoms with E-state index in [1.807, 2.05) is 0 Å². The van der Waals surface area contributed by atoms with Crippen LogP contribution < -0.4 is 5.32 Å². The zero-order chi connectivity index (χ0) is 9.30. The molecule has 0 aliphatic carbocycles. The maximum Gasteiger partial charge on any atom is 0.348 e. The van der Waals surface area contributed by atoms with Gasteiger partial charge in [0.25, 0.3) is 0 Å². The van der Waals surface area contributed by atoms with Crippen LogP contribution in [0.15, 0.2) is 8.96 Å². The van der Waals surface area contributed by atoms with Crippen molar-refractivity contribution in [1.82, 2.24) is 5.32 Å². The molecule has 0 bridgehead atoms. The molecule has 0 aromatic rings. The van der Waals surface area contributed by atoms with E-state index in [4.69, 9.17) is 4.74 Å². The molecule has 1 atom stereocenters. The summed E-state index contributed by atoms with van der Waals surface area (Å²) in [6.07, 6.45) is -0.690. The van der Waals surface area contributed by atoms with Crippen LogP contribution in [0.1, 0.15) is 6.92 Å². The highest BCUT2D eigenvalue weighted by Crippen LogP contribution is 2.29. The molecule has 0 radical (unpaired) electrons. The molecule has 0 spiro atoms. The molecular formula is C6H5Br2NO3. The third-order valence-electron chi connectivity index (χ3n) is 1.18. The highest BCUT2D eigenvalue weighted by Gasteiger charge is 2.31. The second kappa shape index (κ2) is 3.57.